The summed E-state index contributed by atoms with van der Waals surface area (Å²) < 4.78 is 0. The summed E-state index contributed by atoms with van der Waals surface area (Å²) in [4.78, 5) is 244. The molecule has 44 heteroatoms. The molecule has 11 atom stereocenters. The molecule has 0 saturated heterocycles. The van der Waals surface area contributed by atoms with Crippen molar-refractivity contribution < 1.29 is 82.1 Å². The normalized spacial score (nSPS) is 14.2. The number of H-pyrrole nitrogens is 6. The zero-order valence-corrected chi connectivity index (χ0v) is 57.7. The maximum absolute atomic E-state index is 14.8. The molecule has 6 aromatic heterocycles. The fourth-order valence-electron chi connectivity index (χ4n) is 10.3. The highest BCUT2D eigenvalue weighted by Crippen LogP contribution is 2.13. The molecule has 0 aliphatic carbocycles. The van der Waals surface area contributed by atoms with Gasteiger partial charge in [0.1, 0.15) is 60.4 Å². The summed E-state index contributed by atoms with van der Waals surface area (Å²) in [5.74, 6) is -15.2. The van der Waals surface area contributed by atoms with Crippen molar-refractivity contribution in [1.82, 2.24) is 124 Å². The van der Waals surface area contributed by atoms with Crippen LogP contribution in [0, 0.1) is 5.92 Å². The molecule has 0 radical (unpaired) electrons. The van der Waals surface area contributed by atoms with E-state index in [1.54, 1.807) is 13.8 Å². The largest absolute Gasteiger partial charge is 0.480 e. The number of aromatic amines is 6. The van der Waals surface area contributed by atoms with Crippen LogP contribution in [0.1, 0.15) is 87.0 Å². The number of rotatable bonds is 46. The molecule has 106 heavy (non-hydrogen) atoms. The van der Waals surface area contributed by atoms with Crippen molar-refractivity contribution in [3.8, 4) is 0 Å². The first kappa shape index (κ1) is 82.2. The summed E-state index contributed by atoms with van der Waals surface area (Å²) in [6, 6.07) is -15.7. The third-order valence-corrected chi connectivity index (χ3v) is 15.7. The van der Waals surface area contributed by atoms with Crippen LogP contribution in [0.3, 0.4) is 0 Å². The number of aliphatic hydroxyl groups excluding tert-OH is 1. The fraction of sp³-hybridized carbons (Fsp3) is 0.468. The Bertz CT molecular complexity index is 3890. The average molecular weight is 1480 g/mol. The second kappa shape index (κ2) is 41.4. The van der Waals surface area contributed by atoms with E-state index in [2.05, 4.69) is 124 Å². The Hall–Kier alpha value is -12.8. The van der Waals surface area contributed by atoms with Crippen LogP contribution < -0.4 is 81.0 Å². The Balaban J connectivity index is 1.14. The van der Waals surface area contributed by atoms with Crippen molar-refractivity contribution in [2.45, 2.75) is 158 Å². The predicted octanol–water partition coefficient (Wildman–Crippen LogP) is -9.14. The molecule has 0 aliphatic rings. The zero-order valence-electron chi connectivity index (χ0n) is 57.7. The Kier molecular flexibility index (Phi) is 32.1. The molecule has 6 aromatic rings. The van der Waals surface area contributed by atoms with E-state index in [-0.39, 0.29) is 79.3 Å². The first-order valence-corrected chi connectivity index (χ1v) is 33.1. The lowest BCUT2D eigenvalue weighted by atomic mass is 10.0. The summed E-state index contributed by atoms with van der Waals surface area (Å²) in [6.07, 6.45) is 11.1. The summed E-state index contributed by atoms with van der Waals surface area (Å²) in [5.41, 5.74) is 17.5. The maximum atomic E-state index is 14.8. The SMILES string of the molecule is CC(C)C[C@H](NC(=O)CN)C(=O)N[C@@H](CCC(N)=O)C(=O)N[C@@H](CCC(N)=O)C(=O)NCC(=O)NCC(=O)N[C@H](C(=O)N[C@@H](Cc1c[nH]cn1)C(=O)N[C@@H](Cc1c[nH]cn1)C(=O)N[C@@H](Cc1c[nH]cn1)C(=O)N[C@@H](Cc1c[nH]cn1)C(=O)N[C@@H](Cc1c[nH]cn1)C(=O)N[C@@H](Cc1c[nH]cn1)C(=O)O)[C@@H](C)O. The van der Waals surface area contributed by atoms with Gasteiger partial charge in [0.2, 0.25) is 82.7 Å². The fourth-order valence-corrected chi connectivity index (χ4v) is 10.3. The Morgan fingerprint density at radius 2 is 0.660 bits per heavy atom. The van der Waals surface area contributed by atoms with Gasteiger partial charge in [0.25, 0.3) is 0 Å². The highest BCUT2D eigenvalue weighted by atomic mass is 16.4. The quantitative estimate of drug-likeness (QED) is 0.0169. The molecule has 572 valence electrons. The van der Waals surface area contributed by atoms with E-state index in [1.807, 2.05) is 0 Å². The van der Waals surface area contributed by atoms with Gasteiger partial charge in [-0.2, -0.15) is 0 Å². The molecular weight excluding hydrogens is 1390 g/mol. The first-order chi connectivity index (χ1) is 50.5. The zero-order chi connectivity index (χ0) is 77.4. The topological polar surface area (TPSA) is 691 Å². The number of carbonyl (C=O) groups excluding carboxylic acids is 14. The second-order valence-electron chi connectivity index (χ2n) is 24.7. The van der Waals surface area contributed by atoms with E-state index in [4.69, 9.17) is 17.2 Å². The number of aromatic nitrogens is 12. The molecule has 44 nitrogen and oxygen atoms in total. The summed E-state index contributed by atoms with van der Waals surface area (Å²) in [7, 11) is 0. The number of aliphatic hydroxyl groups is 1. The van der Waals surface area contributed by atoms with Gasteiger partial charge in [-0.05, 0) is 32.1 Å². The van der Waals surface area contributed by atoms with Crippen LogP contribution in [-0.4, -0.2) is 245 Å². The molecule has 26 N–H and O–H groups in total. The summed E-state index contributed by atoms with van der Waals surface area (Å²) in [5, 5.41) is 50.3. The van der Waals surface area contributed by atoms with Gasteiger partial charge in [-0.1, -0.05) is 13.8 Å². The molecular formula is C62H87N27O17. The minimum absolute atomic E-state index is 0.109. The third-order valence-electron chi connectivity index (χ3n) is 15.7. The van der Waals surface area contributed by atoms with E-state index in [9.17, 15) is 82.1 Å². The smallest absolute Gasteiger partial charge is 0.326 e. The van der Waals surface area contributed by atoms with Crippen LogP contribution in [-0.2, 0) is 110 Å². The number of aliphatic carboxylic acids is 1. The summed E-state index contributed by atoms with van der Waals surface area (Å²) >= 11 is 0. The van der Waals surface area contributed by atoms with Gasteiger partial charge in [0, 0.05) is 88.5 Å². The number of imidazole rings is 6. The minimum Gasteiger partial charge on any atom is -0.480 e. The molecule has 0 unspecified atom stereocenters. The molecule has 0 saturated carbocycles. The lowest BCUT2D eigenvalue weighted by Crippen LogP contribution is -2.62. The number of hydrogen-bond donors (Lipinski definition) is 23. The molecule has 6 rings (SSSR count). The van der Waals surface area contributed by atoms with Crippen LogP contribution in [0.5, 0.6) is 0 Å². The van der Waals surface area contributed by atoms with E-state index in [0.717, 1.165) is 6.92 Å². The number of nitrogens with two attached hydrogens (primary N) is 3. The molecule has 0 aliphatic heterocycles. The molecule has 14 amide bonds. The highest BCUT2D eigenvalue weighted by Gasteiger charge is 2.38. The van der Waals surface area contributed by atoms with Gasteiger partial charge in [-0.3, -0.25) is 67.1 Å². The first-order valence-electron chi connectivity index (χ1n) is 33.1. The predicted molar refractivity (Wildman–Crippen MR) is 364 cm³/mol. The number of primary amides is 2. The maximum Gasteiger partial charge on any atom is 0.326 e. The van der Waals surface area contributed by atoms with Gasteiger partial charge in [0.15, 0.2) is 0 Å². The van der Waals surface area contributed by atoms with Crippen molar-refractivity contribution in [1.29, 1.82) is 0 Å². The number of amides is 14. The number of nitrogens with zero attached hydrogens (tertiary/aromatic N) is 6. The standard InChI is InChI=1S/C62H87N27O17/c1-30(2)8-40(80-49(93)15-63)55(98)82-39(5-7-48(65)92)54(97)81-38(4-6-47(64)91)53(96)73-22-50(94)72-23-51(95)89-52(31(3)90)61(104)87-45(13-36-20-70-28-78-36)59(102)85-43(11-34-18-68-26-76-34)57(100)83-41(9-32-16-66-24-74-32)56(99)84-42(10-33-17-67-25-75-33)58(101)86-44(12-35-19-69-27-77-35)60(103)88-46(62(105)106)14-37-21-71-29-79-37/h16-21,24-31,38-46,52,90H,4-15,22-23,63H2,1-3H3,(H2,64,91)(H2,65,92)(H,66,74)(H,67,75)(H,68,76)(H,69,77)(H,70,78)(H,71,79)(H,72,94)(H,73,96)(H,80,93)(H,81,97)(H,82,98)(H,83,100)(H,84,99)(H,85,102)(H,86,101)(H,87,104)(H,88,103)(H,89,95)(H,105,106)/t31-,38+,39+,40+,41+,42+,43+,44+,45+,46+,52+/m1/s1. The van der Waals surface area contributed by atoms with Gasteiger partial charge in [-0.15, -0.1) is 0 Å². The molecule has 0 bridgehead atoms. The van der Waals surface area contributed by atoms with Crippen LogP contribution in [0.15, 0.2) is 75.1 Å². The van der Waals surface area contributed by atoms with Gasteiger partial charge in [-0.25, -0.2) is 34.7 Å². The van der Waals surface area contributed by atoms with E-state index < -0.39 is 201 Å². The molecule has 0 aromatic carbocycles. The van der Waals surface area contributed by atoms with E-state index >= 15 is 0 Å². The number of hydrogen-bond acceptors (Lipinski definition) is 23. The highest BCUT2D eigenvalue weighted by molar-refractivity contribution is 5.99. The Labute approximate surface area is 602 Å². The van der Waals surface area contributed by atoms with Crippen LogP contribution in [0.25, 0.3) is 0 Å². The number of carbonyl (C=O) groups is 15. The van der Waals surface area contributed by atoms with Crippen LogP contribution in [0.2, 0.25) is 0 Å². The number of carboxylic acids is 1. The molecule has 0 fully saturated rings. The van der Waals surface area contributed by atoms with Crippen LogP contribution >= 0.6 is 0 Å². The van der Waals surface area contributed by atoms with E-state index in [0.29, 0.717) is 5.69 Å². The molecule has 0 spiro atoms. The second-order valence-corrected chi connectivity index (χ2v) is 24.7. The monoisotopic (exact) mass is 1480 g/mol. The van der Waals surface area contributed by atoms with Crippen molar-refractivity contribution in [3.63, 3.8) is 0 Å². The van der Waals surface area contributed by atoms with Crippen LogP contribution in [0.4, 0.5) is 0 Å². The average Bonchev–Trinajstić information content (AvgIpc) is 1.30. The summed E-state index contributed by atoms with van der Waals surface area (Å²) in [6.45, 7) is 2.42. The van der Waals surface area contributed by atoms with Crippen molar-refractivity contribution in [2.24, 2.45) is 23.1 Å². The third kappa shape index (κ3) is 27.9. The van der Waals surface area contributed by atoms with Gasteiger partial charge >= 0.3 is 5.97 Å². The van der Waals surface area contributed by atoms with Crippen molar-refractivity contribution >= 4 is 88.7 Å². The lowest BCUT2D eigenvalue weighted by molar-refractivity contribution is -0.142. The molecule has 6 heterocycles. The van der Waals surface area contributed by atoms with Gasteiger partial charge < -0.3 is 121 Å². The Morgan fingerprint density at radius 3 is 0.962 bits per heavy atom. The minimum atomic E-state index is -1.86. The van der Waals surface area contributed by atoms with Crippen molar-refractivity contribution in [2.75, 3.05) is 19.6 Å². The number of nitrogens with one attached hydrogen (secondary N) is 18. The van der Waals surface area contributed by atoms with Crippen molar-refractivity contribution in [3.05, 3.63) is 109 Å². The Morgan fingerprint density at radius 1 is 0.368 bits per heavy atom. The lowest BCUT2D eigenvalue weighted by Gasteiger charge is -2.27. The number of carboxylic acid groups (broad SMARTS) is 1. The van der Waals surface area contributed by atoms with Gasteiger partial charge in [0.05, 0.1) is 97.9 Å². The van der Waals surface area contributed by atoms with E-state index in [1.165, 1.54) is 75.1 Å².